The van der Waals surface area contributed by atoms with Crippen molar-refractivity contribution in [2.45, 2.75) is 46.5 Å². The highest BCUT2D eigenvalue weighted by molar-refractivity contribution is 7.11. The Hall–Kier alpha value is -1.63. The zero-order valence-corrected chi connectivity index (χ0v) is 16.7. The maximum absolute atomic E-state index is 11.5. The Labute approximate surface area is 155 Å². The molecule has 7 heteroatoms. The van der Waals surface area contributed by atoms with Gasteiger partial charge in [-0.1, -0.05) is 0 Å². The van der Waals surface area contributed by atoms with Gasteiger partial charge in [-0.3, -0.25) is 9.79 Å². The number of likely N-dealkylation sites (tertiary alicyclic amines) is 1. The number of guanidine groups is 1. The first kappa shape index (κ1) is 19.7. The Kier molecular flexibility index (Phi) is 7.68. The third kappa shape index (κ3) is 5.99. The smallest absolute Gasteiger partial charge is 0.220 e. The number of piperidine rings is 1. The van der Waals surface area contributed by atoms with Crippen LogP contribution in [0.15, 0.2) is 4.99 Å². The van der Waals surface area contributed by atoms with Gasteiger partial charge in [0.25, 0.3) is 0 Å². The van der Waals surface area contributed by atoms with Gasteiger partial charge in [-0.2, -0.15) is 0 Å². The van der Waals surface area contributed by atoms with Gasteiger partial charge in [-0.15, -0.1) is 11.3 Å². The van der Waals surface area contributed by atoms with E-state index in [1.54, 1.807) is 18.4 Å². The molecular formula is C18H31N5OS. The summed E-state index contributed by atoms with van der Waals surface area (Å²) in [5.74, 6) is 1.64. The molecule has 0 aliphatic carbocycles. The van der Waals surface area contributed by atoms with Gasteiger partial charge in [0.1, 0.15) is 0 Å². The Bertz CT molecular complexity index is 590. The predicted octanol–water partition coefficient (Wildman–Crippen LogP) is 2.12. The van der Waals surface area contributed by atoms with Gasteiger partial charge < -0.3 is 15.5 Å². The summed E-state index contributed by atoms with van der Waals surface area (Å²) >= 11 is 1.77. The van der Waals surface area contributed by atoms with Gasteiger partial charge in [-0.25, -0.2) is 4.98 Å². The molecule has 1 aromatic heterocycles. The highest BCUT2D eigenvalue weighted by Gasteiger charge is 2.23. The number of rotatable bonds is 6. The molecule has 1 aliphatic rings. The molecule has 0 spiro atoms. The fraction of sp³-hybridized carbons (Fsp3) is 0.722. The second-order valence-electron chi connectivity index (χ2n) is 6.53. The average Bonchev–Trinajstić information content (AvgIpc) is 2.92. The van der Waals surface area contributed by atoms with Crippen molar-refractivity contribution in [2.24, 2.45) is 10.9 Å². The van der Waals surface area contributed by atoms with Crippen LogP contribution in [0.3, 0.4) is 0 Å². The van der Waals surface area contributed by atoms with E-state index in [0.717, 1.165) is 62.1 Å². The normalized spacial score (nSPS) is 16.2. The van der Waals surface area contributed by atoms with E-state index >= 15 is 0 Å². The Morgan fingerprint density at radius 3 is 2.64 bits per heavy atom. The van der Waals surface area contributed by atoms with Crippen LogP contribution in [-0.4, -0.2) is 55.0 Å². The van der Waals surface area contributed by atoms with Gasteiger partial charge in [-0.05, 0) is 39.5 Å². The number of hydrogen-bond acceptors (Lipinski definition) is 4. The average molecular weight is 366 g/mol. The molecule has 25 heavy (non-hydrogen) atoms. The first-order valence-electron chi connectivity index (χ1n) is 9.20. The molecule has 1 aromatic rings. The molecule has 2 N–H and O–H groups in total. The molecule has 2 heterocycles. The Morgan fingerprint density at radius 2 is 2.08 bits per heavy atom. The fourth-order valence-electron chi connectivity index (χ4n) is 3.21. The molecular weight excluding hydrogens is 334 g/mol. The summed E-state index contributed by atoms with van der Waals surface area (Å²) in [4.78, 5) is 24.5. The number of carbonyl (C=O) groups is 1. The van der Waals surface area contributed by atoms with Crippen LogP contribution in [0.2, 0.25) is 0 Å². The highest BCUT2D eigenvalue weighted by atomic mass is 32.1. The summed E-state index contributed by atoms with van der Waals surface area (Å²) in [6.45, 7) is 9.81. The van der Waals surface area contributed by atoms with Crippen LogP contribution in [-0.2, 0) is 11.2 Å². The monoisotopic (exact) mass is 365 g/mol. The molecule has 0 saturated carbocycles. The first-order chi connectivity index (χ1) is 12.0. The molecule has 0 bridgehead atoms. The van der Waals surface area contributed by atoms with E-state index in [0.29, 0.717) is 12.3 Å². The number of nitrogens with one attached hydrogen (secondary N) is 2. The number of hydrogen-bond donors (Lipinski definition) is 2. The van der Waals surface area contributed by atoms with E-state index < -0.39 is 0 Å². The minimum atomic E-state index is 0.147. The molecule has 1 amide bonds. The molecule has 1 aliphatic heterocycles. The number of thiazole rings is 1. The van der Waals surface area contributed by atoms with Gasteiger partial charge >= 0.3 is 0 Å². The van der Waals surface area contributed by atoms with Crippen molar-refractivity contribution in [2.75, 3.05) is 33.2 Å². The molecule has 0 aromatic carbocycles. The number of carbonyl (C=O) groups excluding carboxylic acids is 1. The summed E-state index contributed by atoms with van der Waals surface area (Å²) in [6, 6.07) is 0. The number of aromatic nitrogens is 1. The predicted molar refractivity (Wildman–Crippen MR) is 104 cm³/mol. The maximum Gasteiger partial charge on any atom is 0.220 e. The highest BCUT2D eigenvalue weighted by Crippen LogP contribution is 2.21. The largest absolute Gasteiger partial charge is 0.359 e. The lowest BCUT2D eigenvalue weighted by atomic mass is 9.93. The van der Waals surface area contributed by atoms with Crippen LogP contribution in [0.25, 0.3) is 0 Å². The zero-order valence-electron chi connectivity index (χ0n) is 15.9. The van der Waals surface area contributed by atoms with Crippen LogP contribution >= 0.6 is 11.3 Å². The minimum absolute atomic E-state index is 0.147. The van der Waals surface area contributed by atoms with E-state index in [9.17, 15) is 4.79 Å². The molecule has 140 valence electrons. The standard InChI is InChI=1S/C18H31N5OS/c1-5-20-18(21-9-6-16-13(2)22-14(3)25-16)23-10-7-15(8-11-23)12-17(24)19-4/h15H,5-12H2,1-4H3,(H,19,24)(H,20,21). The lowest BCUT2D eigenvalue weighted by Crippen LogP contribution is -2.46. The van der Waals surface area contributed by atoms with E-state index in [1.165, 1.54) is 4.88 Å². The number of aliphatic imine (C=N–C) groups is 1. The maximum atomic E-state index is 11.5. The van der Waals surface area contributed by atoms with Crippen molar-refractivity contribution < 1.29 is 4.79 Å². The van der Waals surface area contributed by atoms with Crippen molar-refractivity contribution in [3.05, 3.63) is 15.6 Å². The molecule has 6 nitrogen and oxygen atoms in total. The Morgan fingerprint density at radius 1 is 1.36 bits per heavy atom. The quantitative estimate of drug-likeness (QED) is 0.598. The summed E-state index contributed by atoms with van der Waals surface area (Å²) in [5, 5.41) is 7.26. The summed E-state index contributed by atoms with van der Waals surface area (Å²) in [6.07, 6.45) is 3.68. The van der Waals surface area contributed by atoms with Crippen LogP contribution < -0.4 is 10.6 Å². The fourth-order valence-corrected chi connectivity index (χ4v) is 4.13. The molecule has 0 unspecified atom stereocenters. The van der Waals surface area contributed by atoms with Crippen LogP contribution in [0.5, 0.6) is 0 Å². The van der Waals surface area contributed by atoms with E-state index in [-0.39, 0.29) is 5.91 Å². The lowest BCUT2D eigenvalue weighted by Gasteiger charge is -2.34. The van der Waals surface area contributed by atoms with Crippen LogP contribution in [0, 0.1) is 19.8 Å². The van der Waals surface area contributed by atoms with Crippen molar-refractivity contribution in [1.29, 1.82) is 0 Å². The van der Waals surface area contributed by atoms with Crippen molar-refractivity contribution in [1.82, 2.24) is 20.5 Å². The van der Waals surface area contributed by atoms with Gasteiger partial charge in [0.2, 0.25) is 5.91 Å². The Balaban J connectivity index is 1.87. The molecule has 1 fully saturated rings. The summed E-state index contributed by atoms with van der Waals surface area (Å²) in [5.41, 5.74) is 1.14. The molecule has 0 atom stereocenters. The van der Waals surface area contributed by atoms with Gasteiger partial charge in [0, 0.05) is 50.9 Å². The van der Waals surface area contributed by atoms with Crippen molar-refractivity contribution in [3.63, 3.8) is 0 Å². The van der Waals surface area contributed by atoms with Crippen molar-refractivity contribution >= 4 is 23.2 Å². The number of amides is 1. The van der Waals surface area contributed by atoms with Crippen LogP contribution in [0.4, 0.5) is 0 Å². The number of nitrogens with zero attached hydrogens (tertiary/aromatic N) is 3. The molecule has 0 radical (unpaired) electrons. The minimum Gasteiger partial charge on any atom is -0.359 e. The SMILES string of the molecule is CCNC(=NCCc1sc(C)nc1C)N1CCC(CC(=O)NC)CC1. The van der Waals surface area contributed by atoms with Crippen LogP contribution in [0.1, 0.15) is 41.8 Å². The molecule has 2 rings (SSSR count). The second-order valence-corrected chi connectivity index (χ2v) is 7.82. The van der Waals surface area contributed by atoms with Gasteiger partial charge in [0.05, 0.1) is 10.7 Å². The number of aryl methyl sites for hydroxylation is 2. The zero-order chi connectivity index (χ0) is 18.2. The first-order valence-corrected chi connectivity index (χ1v) is 10.0. The van der Waals surface area contributed by atoms with E-state index in [4.69, 9.17) is 4.99 Å². The summed E-state index contributed by atoms with van der Waals surface area (Å²) in [7, 11) is 1.71. The topological polar surface area (TPSA) is 69.6 Å². The second kappa shape index (κ2) is 9.75. The van der Waals surface area contributed by atoms with E-state index in [2.05, 4.69) is 41.3 Å². The summed E-state index contributed by atoms with van der Waals surface area (Å²) < 4.78 is 0. The lowest BCUT2D eigenvalue weighted by molar-refractivity contribution is -0.121. The van der Waals surface area contributed by atoms with E-state index in [1.807, 2.05) is 0 Å². The third-order valence-electron chi connectivity index (χ3n) is 4.60. The van der Waals surface area contributed by atoms with Gasteiger partial charge in [0.15, 0.2) is 5.96 Å². The molecule has 1 saturated heterocycles. The van der Waals surface area contributed by atoms with Crippen molar-refractivity contribution in [3.8, 4) is 0 Å². The third-order valence-corrected chi connectivity index (χ3v) is 5.73.